The summed E-state index contributed by atoms with van der Waals surface area (Å²) in [5, 5.41) is 8.97. The number of guanidine groups is 1. The van der Waals surface area contributed by atoms with Gasteiger partial charge in [-0.3, -0.25) is 9.79 Å². The third-order valence-corrected chi connectivity index (χ3v) is 3.75. The Morgan fingerprint density at radius 1 is 1.19 bits per heavy atom. The van der Waals surface area contributed by atoms with Crippen molar-refractivity contribution in [1.29, 1.82) is 0 Å². The first-order valence-electron chi connectivity index (χ1n) is 8.90. The number of aliphatic imine (C=N–C) groups is 1. The van der Waals surface area contributed by atoms with E-state index in [2.05, 4.69) is 51.7 Å². The molecule has 0 aliphatic carbocycles. The number of nitrogens with one attached hydrogen (secondary N) is 3. The van der Waals surface area contributed by atoms with Gasteiger partial charge in [0.15, 0.2) is 5.96 Å². The minimum Gasteiger partial charge on any atom is -0.443 e. The van der Waals surface area contributed by atoms with Gasteiger partial charge >= 0.3 is 0 Å². The largest absolute Gasteiger partial charge is 0.443 e. The Morgan fingerprint density at radius 2 is 1.96 bits per heavy atom. The van der Waals surface area contributed by atoms with Crippen LogP contribution in [0.4, 0.5) is 5.82 Å². The zero-order valence-corrected chi connectivity index (χ0v) is 16.6. The van der Waals surface area contributed by atoms with Crippen LogP contribution in [-0.2, 0) is 16.8 Å². The molecule has 0 aromatic carbocycles. The maximum atomic E-state index is 12.0. The van der Waals surface area contributed by atoms with Crippen LogP contribution in [0.15, 0.2) is 33.9 Å². The first-order chi connectivity index (χ1) is 12.8. The molecular formula is C19H28N6O2. The third kappa shape index (κ3) is 6.73. The number of rotatable bonds is 6. The number of hydrogen-bond acceptors (Lipinski definition) is 5. The summed E-state index contributed by atoms with van der Waals surface area (Å²) in [5.41, 5.74) is 0.968. The fourth-order valence-electron chi connectivity index (χ4n) is 2.16. The van der Waals surface area contributed by atoms with Crippen LogP contribution >= 0.6 is 0 Å². The quantitative estimate of drug-likeness (QED) is 0.531. The number of pyridine rings is 1. The Morgan fingerprint density at radius 3 is 2.56 bits per heavy atom. The maximum Gasteiger partial charge on any atom is 0.227 e. The van der Waals surface area contributed by atoms with Gasteiger partial charge in [0.2, 0.25) is 11.8 Å². The average Bonchev–Trinajstić information content (AvgIpc) is 3.09. The van der Waals surface area contributed by atoms with Crippen LogP contribution in [0.5, 0.6) is 0 Å². The van der Waals surface area contributed by atoms with Crippen LogP contribution in [0.1, 0.15) is 44.4 Å². The molecule has 8 nitrogen and oxygen atoms in total. The second kappa shape index (κ2) is 9.16. The van der Waals surface area contributed by atoms with E-state index in [-0.39, 0.29) is 11.3 Å². The summed E-state index contributed by atoms with van der Waals surface area (Å²) < 4.78 is 5.73. The van der Waals surface area contributed by atoms with Crippen molar-refractivity contribution in [2.75, 3.05) is 18.9 Å². The van der Waals surface area contributed by atoms with Gasteiger partial charge < -0.3 is 20.4 Å². The lowest BCUT2D eigenvalue weighted by Crippen LogP contribution is -2.38. The molecule has 0 saturated carbocycles. The topological polar surface area (TPSA) is 104 Å². The number of amides is 1. The Hall–Kier alpha value is -2.90. The highest BCUT2D eigenvalue weighted by Gasteiger charge is 2.19. The van der Waals surface area contributed by atoms with Gasteiger partial charge in [-0.05, 0) is 18.6 Å². The monoisotopic (exact) mass is 372 g/mol. The summed E-state index contributed by atoms with van der Waals surface area (Å²) in [7, 11) is 1.67. The molecule has 8 heteroatoms. The molecule has 2 aromatic heterocycles. The van der Waals surface area contributed by atoms with Crippen molar-refractivity contribution in [3.8, 4) is 0 Å². The van der Waals surface area contributed by atoms with E-state index in [0.717, 1.165) is 11.3 Å². The number of carbonyl (C=O) groups excluding carboxylic acids is 1. The highest BCUT2D eigenvalue weighted by atomic mass is 16.4. The smallest absolute Gasteiger partial charge is 0.227 e. The molecule has 2 heterocycles. The zero-order chi connectivity index (χ0) is 19.9. The van der Waals surface area contributed by atoms with E-state index in [0.29, 0.717) is 37.2 Å². The number of anilines is 1. The van der Waals surface area contributed by atoms with E-state index in [9.17, 15) is 4.79 Å². The SMILES string of the molecule is CN=C(NCCC(=O)Nc1ccc(C)cn1)NCc1ncc(C(C)(C)C)o1. The zero-order valence-electron chi connectivity index (χ0n) is 16.6. The number of hydrogen-bond donors (Lipinski definition) is 3. The number of nitrogens with zero attached hydrogens (tertiary/aromatic N) is 3. The van der Waals surface area contributed by atoms with E-state index >= 15 is 0 Å². The number of aryl methyl sites for hydroxylation is 1. The summed E-state index contributed by atoms with van der Waals surface area (Å²) in [6.45, 7) is 9.02. The Labute approximate surface area is 159 Å². The summed E-state index contributed by atoms with van der Waals surface area (Å²) in [4.78, 5) is 24.5. The van der Waals surface area contributed by atoms with Crippen molar-refractivity contribution in [3.05, 3.63) is 41.7 Å². The Bertz CT molecular complexity index is 774. The fraction of sp³-hybridized carbons (Fsp3) is 0.474. The van der Waals surface area contributed by atoms with E-state index < -0.39 is 0 Å². The molecule has 0 spiro atoms. The molecular weight excluding hydrogens is 344 g/mol. The lowest BCUT2D eigenvalue weighted by Gasteiger charge is -2.13. The second-order valence-corrected chi connectivity index (χ2v) is 7.24. The molecule has 0 fully saturated rings. The molecule has 0 bridgehead atoms. The molecule has 146 valence electrons. The van der Waals surface area contributed by atoms with Crippen molar-refractivity contribution in [1.82, 2.24) is 20.6 Å². The fourth-order valence-corrected chi connectivity index (χ4v) is 2.16. The molecule has 0 aliphatic heterocycles. The molecule has 0 radical (unpaired) electrons. The van der Waals surface area contributed by atoms with Crippen molar-refractivity contribution in [2.24, 2.45) is 4.99 Å². The molecule has 1 amide bonds. The van der Waals surface area contributed by atoms with Crippen LogP contribution in [0.25, 0.3) is 0 Å². The van der Waals surface area contributed by atoms with Gasteiger partial charge in [0, 0.05) is 31.6 Å². The lowest BCUT2D eigenvalue weighted by atomic mass is 9.94. The normalized spacial score (nSPS) is 12.0. The van der Waals surface area contributed by atoms with Crippen LogP contribution in [-0.4, -0.2) is 35.4 Å². The van der Waals surface area contributed by atoms with Gasteiger partial charge in [-0.25, -0.2) is 9.97 Å². The van der Waals surface area contributed by atoms with Gasteiger partial charge in [-0.15, -0.1) is 0 Å². The highest BCUT2D eigenvalue weighted by Crippen LogP contribution is 2.22. The van der Waals surface area contributed by atoms with Crippen LogP contribution in [0, 0.1) is 6.92 Å². The maximum absolute atomic E-state index is 12.0. The van der Waals surface area contributed by atoms with Crippen molar-refractivity contribution < 1.29 is 9.21 Å². The van der Waals surface area contributed by atoms with Crippen molar-refractivity contribution in [3.63, 3.8) is 0 Å². The summed E-state index contributed by atoms with van der Waals surface area (Å²) >= 11 is 0. The second-order valence-electron chi connectivity index (χ2n) is 7.24. The van der Waals surface area contributed by atoms with E-state index in [1.54, 1.807) is 25.5 Å². The van der Waals surface area contributed by atoms with Gasteiger partial charge in [0.25, 0.3) is 0 Å². The average molecular weight is 372 g/mol. The molecule has 3 N–H and O–H groups in total. The minimum absolute atomic E-state index is 0.0785. The number of oxazole rings is 1. The molecule has 27 heavy (non-hydrogen) atoms. The van der Waals surface area contributed by atoms with E-state index in [1.807, 2.05) is 13.0 Å². The Balaban J connectivity index is 1.73. The van der Waals surface area contributed by atoms with Crippen LogP contribution < -0.4 is 16.0 Å². The van der Waals surface area contributed by atoms with Gasteiger partial charge in [-0.2, -0.15) is 0 Å². The summed E-state index contributed by atoms with van der Waals surface area (Å²) in [6, 6.07) is 3.68. The first kappa shape index (κ1) is 20.4. The van der Waals surface area contributed by atoms with Crippen LogP contribution in [0.2, 0.25) is 0 Å². The van der Waals surface area contributed by atoms with Crippen molar-refractivity contribution >= 4 is 17.7 Å². The third-order valence-electron chi connectivity index (χ3n) is 3.75. The van der Waals surface area contributed by atoms with E-state index in [4.69, 9.17) is 4.42 Å². The standard InChI is InChI=1S/C19H28N6O2/c1-13-6-7-15(22-10-13)25-16(26)8-9-21-18(20-5)24-12-17-23-11-14(27-17)19(2,3)4/h6-7,10-11H,8-9,12H2,1-5H3,(H2,20,21,24)(H,22,25,26). The first-order valence-corrected chi connectivity index (χ1v) is 8.90. The molecule has 2 aromatic rings. The van der Waals surface area contributed by atoms with E-state index in [1.165, 1.54) is 0 Å². The lowest BCUT2D eigenvalue weighted by molar-refractivity contribution is -0.116. The predicted molar refractivity (Wildman–Crippen MR) is 106 cm³/mol. The molecule has 0 atom stereocenters. The minimum atomic E-state index is -0.114. The van der Waals surface area contributed by atoms with Crippen molar-refractivity contribution in [2.45, 2.75) is 46.1 Å². The van der Waals surface area contributed by atoms with Gasteiger partial charge in [0.1, 0.15) is 11.6 Å². The predicted octanol–water partition coefficient (Wildman–Crippen LogP) is 2.37. The van der Waals surface area contributed by atoms with Crippen LogP contribution in [0.3, 0.4) is 0 Å². The Kier molecular flexibility index (Phi) is 6.92. The molecule has 0 unspecified atom stereocenters. The number of carbonyl (C=O) groups is 1. The summed E-state index contributed by atoms with van der Waals surface area (Å²) in [6.07, 6.45) is 3.76. The molecule has 2 rings (SSSR count). The molecule has 0 aliphatic rings. The molecule has 0 saturated heterocycles. The summed E-state index contributed by atoms with van der Waals surface area (Å²) in [5.74, 6) is 2.44. The highest BCUT2D eigenvalue weighted by molar-refractivity contribution is 5.90. The van der Waals surface area contributed by atoms with Gasteiger partial charge in [0.05, 0.1) is 12.7 Å². The number of aromatic nitrogens is 2. The van der Waals surface area contributed by atoms with Gasteiger partial charge in [-0.1, -0.05) is 26.8 Å².